The molecule has 1 aliphatic carbocycles. The molecule has 0 aromatic heterocycles. The van der Waals surface area contributed by atoms with Crippen molar-refractivity contribution in [2.24, 2.45) is 0 Å². The van der Waals surface area contributed by atoms with E-state index in [0.29, 0.717) is 5.02 Å². The third-order valence-electron chi connectivity index (χ3n) is 7.93. The molecule has 1 heterocycles. The van der Waals surface area contributed by atoms with Crippen LogP contribution in [0, 0.1) is 0 Å². The largest absolute Gasteiger partial charge is 0.352 e. The fraction of sp³-hybridized carbons (Fsp3) is 0.344. The lowest BCUT2D eigenvalue weighted by Gasteiger charge is -2.34. The van der Waals surface area contributed by atoms with Crippen LogP contribution in [-0.4, -0.2) is 54.0 Å². The van der Waals surface area contributed by atoms with E-state index in [1.807, 2.05) is 30.3 Å². The Morgan fingerprint density at radius 2 is 1.57 bits per heavy atom. The number of halogens is 1. The SMILES string of the molecule is O=C(NC1CCCCC1)C(Cc1ccccc1)N(Cc1ccc(Cl)cc1)C(=O)CCN1C(=O)c2ccccc2S1(=O)=O. The van der Waals surface area contributed by atoms with Gasteiger partial charge in [-0.3, -0.25) is 14.4 Å². The summed E-state index contributed by atoms with van der Waals surface area (Å²) in [4.78, 5) is 42.3. The Labute approximate surface area is 251 Å². The average Bonchev–Trinajstić information content (AvgIpc) is 3.19. The monoisotopic (exact) mass is 607 g/mol. The molecule has 1 unspecified atom stereocenters. The fourth-order valence-electron chi connectivity index (χ4n) is 5.68. The van der Waals surface area contributed by atoms with Crippen molar-refractivity contribution >= 4 is 39.3 Å². The molecule has 1 atom stereocenters. The van der Waals surface area contributed by atoms with Crippen LogP contribution in [0.4, 0.5) is 0 Å². The molecule has 5 rings (SSSR count). The van der Waals surface area contributed by atoms with E-state index >= 15 is 0 Å². The van der Waals surface area contributed by atoms with Crippen LogP contribution in [0.5, 0.6) is 0 Å². The molecule has 3 aromatic rings. The zero-order valence-electron chi connectivity index (χ0n) is 23.2. The molecule has 3 aromatic carbocycles. The molecule has 8 nitrogen and oxygen atoms in total. The predicted molar refractivity (Wildman–Crippen MR) is 160 cm³/mol. The number of fused-ring (bicyclic) bond motifs is 1. The Hall–Kier alpha value is -3.69. The van der Waals surface area contributed by atoms with Gasteiger partial charge in [-0.15, -0.1) is 0 Å². The lowest BCUT2D eigenvalue weighted by atomic mass is 9.94. The van der Waals surface area contributed by atoms with Gasteiger partial charge in [0, 0.05) is 37.0 Å². The highest BCUT2D eigenvalue weighted by molar-refractivity contribution is 7.90. The van der Waals surface area contributed by atoms with E-state index in [4.69, 9.17) is 11.6 Å². The second kappa shape index (κ2) is 13.1. The van der Waals surface area contributed by atoms with Gasteiger partial charge in [0.2, 0.25) is 11.8 Å². The first kappa shape index (κ1) is 29.8. The fourth-order valence-corrected chi connectivity index (χ4v) is 7.37. The minimum atomic E-state index is -4.07. The van der Waals surface area contributed by atoms with E-state index in [9.17, 15) is 22.8 Å². The molecule has 0 radical (unpaired) electrons. The van der Waals surface area contributed by atoms with Gasteiger partial charge in [-0.2, -0.15) is 0 Å². The number of hydrogen-bond donors (Lipinski definition) is 1. The predicted octanol–water partition coefficient (Wildman–Crippen LogP) is 4.96. The van der Waals surface area contributed by atoms with Gasteiger partial charge in [0.15, 0.2) is 0 Å². The lowest BCUT2D eigenvalue weighted by Crippen LogP contribution is -2.53. The van der Waals surface area contributed by atoms with E-state index < -0.39 is 27.9 Å². The maximum Gasteiger partial charge on any atom is 0.269 e. The van der Waals surface area contributed by atoms with Crippen LogP contribution in [-0.2, 0) is 32.6 Å². The Morgan fingerprint density at radius 1 is 0.905 bits per heavy atom. The Balaban J connectivity index is 1.42. The molecule has 42 heavy (non-hydrogen) atoms. The van der Waals surface area contributed by atoms with E-state index in [1.165, 1.54) is 17.0 Å². The molecule has 220 valence electrons. The highest BCUT2D eigenvalue weighted by Gasteiger charge is 2.41. The van der Waals surface area contributed by atoms with Crippen molar-refractivity contribution in [3.8, 4) is 0 Å². The zero-order valence-corrected chi connectivity index (χ0v) is 24.8. The van der Waals surface area contributed by atoms with Gasteiger partial charge in [0.25, 0.3) is 15.9 Å². The molecular formula is C32H34ClN3O5S. The van der Waals surface area contributed by atoms with Crippen LogP contribution in [0.15, 0.2) is 83.8 Å². The quantitative estimate of drug-likeness (QED) is 0.351. The summed E-state index contributed by atoms with van der Waals surface area (Å²) in [5, 5.41) is 3.73. The number of carbonyl (C=O) groups is 3. The zero-order chi connectivity index (χ0) is 29.7. The average molecular weight is 608 g/mol. The van der Waals surface area contributed by atoms with Gasteiger partial charge in [-0.05, 0) is 48.2 Å². The number of sulfonamides is 1. The topological polar surface area (TPSA) is 104 Å². The summed E-state index contributed by atoms with van der Waals surface area (Å²) in [7, 11) is -4.07. The van der Waals surface area contributed by atoms with E-state index in [1.54, 1.807) is 36.4 Å². The minimum absolute atomic E-state index is 0.0443. The first-order valence-corrected chi connectivity index (χ1v) is 16.1. The Bertz CT molecular complexity index is 1540. The first-order chi connectivity index (χ1) is 20.2. The van der Waals surface area contributed by atoms with E-state index in [0.717, 1.165) is 47.5 Å². The Kier molecular flexibility index (Phi) is 9.28. The molecular weight excluding hydrogens is 574 g/mol. The molecule has 1 aliphatic heterocycles. The van der Waals surface area contributed by atoms with Gasteiger partial charge in [0.05, 0.1) is 5.56 Å². The van der Waals surface area contributed by atoms with E-state index in [2.05, 4.69) is 5.32 Å². The van der Waals surface area contributed by atoms with Crippen LogP contribution >= 0.6 is 11.6 Å². The molecule has 1 N–H and O–H groups in total. The van der Waals surface area contributed by atoms with Gasteiger partial charge in [-0.1, -0.05) is 85.5 Å². The smallest absolute Gasteiger partial charge is 0.269 e. The molecule has 3 amide bonds. The van der Waals surface area contributed by atoms with Gasteiger partial charge >= 0.3 is 0 Å². The van der Waals surface area contributed by atoms with Crippen molar-refractivity contribution in [2.75, 3.05) is 6.54 Å². The number of amides is 3. The summed E-state index contributed by atoms with van der Waals surface area (Å²) in [6.07, 6.45) is 5.03. The molecule has 10 heteroatoms. The minimum Gasteiger partial charge on any atom is -0.352 e. The number of hydrogen-bond acceptors (Lipinski definition) is 5. The van der Waals surface area contributed by atoms with Crippen molar-refractivity contribution < 1.29 is 22.8 Å². The first-order valence-electron chi connectivity index (χ1n) is 14.3. The lowest BCUT2D eigenvalue weighted by molar-refractivity contribution is -0.141. The summed E-state index contributed by atoms with van der Waals surface area (Å²) in [6.45, 7) is -0.208. The van der Waals surface area contributed by atoms with Crippen LogP contribution < -0.4 is 5.32 Å². The third-order valence-corrected chi connectivity index (χ3v) is 10.0. The van der Waals surface area contributed by atoms with Crippen LogP contribution in [0.3, 0.4) is 0 Å². The second-order valence-corrected chi connectivity index (χ2v) is 13.1. The second-order valence-electron chi connectivity index (χ2n) is 10.8. The van der Waals surface area contributed by atoms with E-state index in [-0.39, 0.29) is 48.3 Å². The number of benzene rings is 3. The van der Waals surface area contributed by atoms with Crippen molar-refractivity contribution in [1.82, 2.24) is 14.5 Å². The van der Waals surface area contributed by atoms with Gasteiger partial charge < -0.3 is 10.2 Å². The number of carbonyl (C=O) groups excluding carboxylic acids is 3. The molecule has 0 saturated heterocycles. The number of nitrogens with one attached hydrogen (secondary N) is 1. The maximum absolute atomic E-state index is 14.0. The number of nitrogens with zero attached hydrogens (tertiary/aromatic N) is 2. The van der Waals surface area contributed by atoms with Crippen LogP contribution in [0.25, 0.3) is 0 Å². The van der Waals surface area contributed by atoms with Gasteiger partial charge in [0.1, 0.15) is 10.9 Å². The number of rotatable bonds is 10. The molecule has 1 fully saturated rings. The van der Waals surface area contributed by atoms with Crippen molar-refractivity contribution in [2.45, 2.75) is 68.5 Å². The summed E-state index contributed by atoms with van der Waals surface area (Å²) < 4.78 is 27.0. The summed E-state index contributed by atoms with van der Waals surface area (Å²) >= 11 is 6.10. The van der Waals surface area contributed by atoms with Gasteiger partial charge in [-0.25, -0.2) is 12.7 Å². The van der Waals surface area contributed by atoms with Crippen molar-refractivity contribution in [3.63, 3.8) is 0 Å². The molecule has 0 spiro atoms. The summed E-state index contributed by atoms with van der Waals surface area (Å²) in [5.41, 5.74) is 1.76. The third kappa shape index (κ3) is 6.68. The van der Waals surface area contributed by atoms with Crippen molar-refractivity contribution in [1.29, 1.82) is 0 Å². The Morgan fingerprint density at radius 3 is 2.26 bits per heavy atom. The van der Waals surface area contributed by atoms with Crippen LogP contribution in [0.1, 0.15) is 60.0 Å². The molecule has 1 saturated carbocycles. The summed E-state index contributed by atoms with van der Waals surface area (Å²) in [5.74, 6) is -1.33. The highest BCUT2D eigenvalue weighted by Crippen LogP contribution is 2.30. The highest BCUT2D eigenvalue weighted by atomic mass is 35.5. The normalized spacial score (nSPS) is 17.0. The summed E-state index contributed by atoms with van der Waals surface area (Å²) in [6, 6.07) is 21.8. The maximum atomic E-state index is 14.0. The van der Waals surface area contributed by atoms with Crippen molar-refractivity contribution in [3.05, 3.63) is 101 Å². The molecule has 2 aliphatic rings. The standard InChI is InChI=1S/C32H34ClN3O5S/c33-25-17-15-24(16-18-25)22-35(30(37)19-20-36-32(39)27-13-7-8-14-29(27)42(36,40)41)28(21-23-9-3-1-4-10-23)31(38)34-26-11-5-2-6-12-26/h1,3-4,7-10,13-18,26,28H,2,5-6,11-12,19-22H2,(H,34,38). The van der Waals surface area contributed by atoms with Crippen LogP contribution in [0.2, 0.25) is 5.02 Å². The molecule has 0 bridgehead atoms.